The van der Waals surface area contributed by atoms with Crippen LogP contribution in [0.15, 0.2) is 47.3 Å². The number of nitrogens with zero attached hydrogens (tertiary/aromatic N) is 2. The summed E-state index contributed by atoms with van der Waals surface area (Å²) in [5, 5.41) is 4.70. The van der Waals surface area contributed by atoms with Crippen molar-refractivity contribution in [1.29, 1.82) is 0 Å². The molecule has 0 aliphatic carbocycles. The number of ether oxygens (including phenoxy) is 1. The number of amides is 1. The van der Waals surface area contributed by atoms with Gasteiger partial charge >= 0.3 is 0 Å². The van der Waals surface area contributed by atoms with Crippen molar-refractivity contribution in [2.45, 2.75) is 13.5 Å². The number of hydrogen-bond acceptors (Lipinski definition) is 5. The van der Waals surface area contributed by atoms with Crippen molar-refractivity contribution >= 4 is 55.1 Å². The molecule has 0 aliphatic heterocycles. The Morgan fingerprint density at radius 3 is 2.89 bits per heavy atom. The highest BCUT2D eigenvalue weighted by molar-refractivity contribution is 7.22. The second-order valence-corrected chi connectivity index (χ2v) is 7.75. The third kappa shape index (κ3) is 3.34. The molecule has 0 radical (unpaired) electrons. The molecule has 6 nitrogen and oxygen atoms in total. The normalized spacial score (nSPS) is 11.1. The van der Waals surface area contributed by atoms with Crippen LogP contribution in [0.4, 0.5) is 5.13 Å². The first-order valence-corrected chi connectivity index (χ1v) is 9.69. The number of carbonyl (C=O) groups is 1. The predicted octanol–water partition coefficient (Wildman–Crippen LogP) is 4.22. The number of para-hydroxylation sites is 1. The summed E-state index contributed by atoms with van der Waals surface area (Å²) < 4.78 is 7.71. The lowest BCUT2D eigenvalue weighted by Gasteiger charge is -2.14. The zero-order chi connectivity index (χ0) is 19.8. The Bertz CT molecular complexity index is 1280. The average Bonchev–Trinajstić information content (AvgIpc) is 3.05. The minimum atomic E-state index is -0.344. The van der Waals surface area contributed by atoms with Gasteiger partial charge in [-0.25, -0.2) is 4.98 Å². The smallest absolute Gasteiger partial charge is 0.251 e. The molecule has 4 aromatic rings. The summed E-state index contributed by atoms with van der Waals surface area (Å²) in [4.78, 5) is 29.6. The Hall–Kier alpha value is -2.90. The van der Waals surface area contributed by atoms with Gasteiger partial charge < -0.3 is 10.1 Å². The monoisotopic (exact) mass is 413 g/mol. The van der Waals surface area contributed by atoms with Crippen LogP contribution in [0.1, 0.15) is 5.56 Å². The van der Waals surface area contributed by atoms with Gasteiger partial charge in [-0.2, -0.15) is 0 Å². The Morgan fingerprint density at radius 1 is 1.29 bits per heavy atom. The topological polar surface area (TPSA) is 73.2 Å². The van der Waals surface area contributed by atoms with E-state index in [1.165, 1.54) is 29.1 Å². The fraction of sp³-hybridized carbons (Fsp3) is 0.150. The SMILES string of the molecule is COc1cccc2c(C)cc(=O)n(CC(=O)Nc3nc4ccc(Cl)cc4s3)c12. The average molecular weight is 414 g/mol. The van der Waals surface area contributed by atoms with Crippen LogP contribution in [-0.2, 0) is 11.3 Å². The molecule has 1 amide bonds. The van der Waals surface area contributed by atoms with E-state index in [4.69, 9.17) is 16.3 Å². The number of hydrogen-bond donors (Lipinski definition) is 1. The Morgan fingerprint density at radius 2 is 2.11 bits per heavy atom. The first kappa shape index (κ1) is 18.5. The van der Waals surface area contributed by atoms with E-state index in [9.17, 15) is 9.59 Å². The first-order chi connectivity index (χ1) is 13.5. The quantitative estimate of drug-likeness (QED) is 0.543. The van der Waals surface area contributed by atoms with Crippen molar-refractivity contribution < 1.29 is 9.53 Å². The number of halogens is 1. The van der Waals surface area contributed by atoms with Crippen molar-refractivity contribution in [2.75, 3.05) is 12.4 Å². The van der Waals surface area contributed by atoms with E-state index in [0.717, 1.165) is 21.2 Å². The molecule has 0 spiro atoms. The minimum absolute atomic E-state index is 0.146. The van der Waals surface area contributed by atoms with Crippen LogP contribution in [0.25, 0.3) is 21.1 Å². The summed E-state index contributed by atoms with van der Waals surface area (Å²) in [6, 6.07) is 12.4. The number of methoxy groups -OCH3 is 1. The predicted molar refractivity (Wildman–Crippen MR) is 113 cm³/mol. The van der Waals surface area contributed by atoms with Gasteiger partial charge in [-0.15, -0.1) is 0 Å². The second kappa shape index (κ2) is 7.26. The molecule has 1 N–H and O–H groups in total. The Kier molecular flexibility index (Phi) is 4.78. The molecule has 0 bridgehead atoms. The molecule has 28 heavy (non-hydrogen) atoms. The Balaban J connectivity index is 1.69. The van der Waals surface area contributed by atoms with Crippen molar-refractivity contribution in [1.82, 2.24) is 9.55 Å². The highest BCUT2D eigenvalue weighted by Crippen LogP contribution is 2.29. The van der Waals surface area contributed by atoms with E-state index in [0.29, 0.717) is 21.4 Å². The van der Waals surface area contributed by atoms with Crippen molar-refractivity contribution in [3.8, 4) is 5.75 Å². The zero-order valence-electron chi connectivity index (χ0n) is 15.2. The van der Waals surface area contributed by atoms with Gasteiger partial charge in [0, 0.05) is 16.5 Å². The molecule has 0 aliphatic rings. The van der Waals surface area contributed by atoms with Crippen LogP contribution < -0.4 is 15.6 Å². The van der Waals surface area contributed by atoms with Gasteiger partial charge in [0.2, 0.25) is 5.91 Å². The molecule has 2 aromatic heterocycles. The molecular weight excluding hydrogens is 398 g/mol. The molecular formula is C20H16ClN3O3S. The van der Waals surface area contributed by atoms with Crippen LogP contribution >= 0.6 is 22.9 Å². The van der Waals surface area contributed by atoms with Crippen molar-refractivity contribution in [2.24, 2.45) is 0 Å². The summed E-state index contributed by atoms with van der Waals surface area (Å²) in [5.74, 6) is 0.198. The Labute approximate surface area is 169 Å². The van der Waals surface area contributed by atoms with E-state index in [1.54, 1.807) is 24.3 Å². The fourth-order valence-electron chi connectivity index (χ4n) is 3.15. The lowest BCUT2D eigenvalue weighted by molar-refractivity contribution is -0.116. The highest BCUT2D eigenvalue weighted by Gasteiger charge is 2.15. The molecule has 2 aromatic carbocycles. The summed E-state index contributed by atoms with van der Waals surface area (Å²) in [7, 11) is 1.54. The standard InChI is InChI=1S/C20H16ClN3O3S/c1-11-8-18(26)24(19-13(11)4-3-5-15(19)27-2)10-17(25)23-20-22-14-7-6-12(21)9-16(14)28-20/h3-9H,10H2,1-2H3,(H,22,23,25). The number of fused-ring (bicyclic) bond motifs is 2. The van der Waals surface area contributed by atoms with Crippen LogP contribution in [0.2, 0.25) is 5.02 Å². The number of rotatable bonds is 4. The largest absolute Gasteiger partial charge is 0.495 e. The molecule has 8 heteroatoms. The van der Waals surface area contributed by atoms with Crippen LogP contribution in [0, 0.1) is 6.92 Å². The maximum absolute atomic E-state index is 12.6. The van der Waals surface area contributed by atoms with Crippen molar-refractivity contribution in [3.63, 3.8) is 0 Å². The van der Waals surface area contributed by atoms with E-state index < -0.39 is 0 Å². The minimum Gasteiger partial charge on any atom is -0.495 e. The number of pyridine rings is 1. The third-order valence-corrected chi connectivity index (χ3v) is 5.59. The molecule has 4 rings (SSSR count). The summed E-state index contributed by atoms with van der Waals surface area (Å²) in [6.07, 6.45) is 0. The maximum Gasteiger partial charge on any atom is 0.251 e. The van der Waals surface area contributed by atoms with Gasteiger partial charge in [0.15, 0.2) is 5.13 Å². The van der Waals surface area contributed by atoms with E-state index in [1.807, 2.05) is 19.1 Å². The van der Waals surface area contributed by atoms with Gasteiger partial charge in [-0.1, -0.05) is 35.1 Å². The highest BCUT2D eigenvalue weighted by atomic mass is 35.5. The van der Waals surface area contributed by atoms with E-state index in [2.05, 4.69) is 10.3 Å². The molecule has 142 valence electrons. The third-order valence-electron chi connectivity index (χ3n) is 4.42. The van der Waals surface area contributed by atoms with Crippen LogP contribution in [0.5, 0.6) is 5.75 Å². The number of aromatic nitrogens is 2. The molecule has 0 atom stereocenters. The zero-order valence-corrected chi connectivity index (χ0v) is 16.7. The number of aryl methyl sites for hydroxylation is 1. The molecule has 0 unspecified atom stereocenters. The summed E-state index contributed by atoms with van der Waals surface area (Å²) in [6.45, 7) is 1.71. The van der Waals surface area contributed by atoms with Gasteiger partial charge in [0.1, 0.15) is 12.3 Å². The number of benzene rings is 2. The summed E-state index contributed by atoms with van der Waals surface area (Å²) in [5.41, 5.74) is 1.92. The number of carbonyl (C=O) groups excluding carboxylic acids is 1. The second-order valence-electron chi connectivity index (χ2n) is 6.29. The lowest BCUT2D eigenvalue weighted by atomic mass is 10.1. The molecule has 0 saturated carbocycles. The molecule has 0 saturated heterocycles. The molecule has 2 heterocycles. The van der Waals surface area contributed by atoms with Gasteiger partial charge in [0.25, 0.3) is 5.56 Å². The number of nitrogens with one attached hydrogen (secondary N) is 1. The van der Waals surface area contributed by atoms with Crippen LogP contribution in [-0.4, -0.2) is 22.6 Å². The number of thiazole rings is 1. The first-order valence-electron chi connectivity index (χ1n) is 8.49. The van der Waals surface area contributed by atoms with Crippen molar-refractivity contribution in [3.05, 3.63) is 63.4 Å². The lowest BCUT2D eigenvalue weighted by Crippen LogP contribution is -2.28. The van der Waals surface area contributed by atoms with Gasteiger partial charge in [-0.3, -0.25) is 14.2 Å². The van der Waals surface area contributed by atoms with Crippen LogP contribution in [0.3, 0.4) is 0 Å². The molecule has 0 fully saturated rings. The van der Waals surface area contributed by atoms with E-state index >= 15 is 0 Å². The van der Waals surface area contributed by atoms with Gasteiger partial charge in [0.05, 0.1) is 22.8 Å². The summed E-state index contributed by atoms with van der Waals surface area (Å²) >= 11 is 7.33. The maximum atomic E-state index is 12.6. The van der Waals surface area contributed by atoms with Gasteiger partial charge in [-0.05, 0) is 36.8 Å². The van der Waals surface area contributed by atoms with E-state index in [-0.39, 0.29) is 18.0 Å². The number of anilines is 1. The fourth-order valence-corrected chi connectivity index (χ4v) is 4.30.